The van der Waals surface area contributed by atoms with Crippen molar-refractivity contribution in [1.82, 2.24) is 10.3 Å². The molecule has 2 amide bonds. The van der Waals surface area contributed by atoms with E-state index in [4.69, 9.17) is 0 Å². The lowest BCUT2D eigenvalue weighted by molar-refractivity contribution is -0.117. The summed E-state index contributed by atoms with van der Waals surface area (Å²) < 4.78 is 0. The Kier molecular flexibility index (Phi) is 9.73. The van der Waals surface area contributed by atoms with Gasteiger partial charge in [0.2, 0.25) is 11.8 Å². The summed E-state index contributed by atoms with van der Waals surface area (Å²) in [5.74, 6) is 0.677. The number of halogens is 2. The lowest BCUT2D eigenvalue weighted by Gasteiger charge is -2.07. The first-order valence-corrected chi connectivity index (χ1v) is 6.90. The Hall–Kier alpha value is -1.37. The molecule has 1 aliphatic carbocycles. The number of nitrogens with zero attached hydrogens (tertiary/aromatic N) is 1. The first kappa shape index (κ1) is 20.6. The molecule has 8 heteroatoms. The molecule has 3 N–H and O–H groups in total. The third-order valence-corrected chi connectivity index (χ3v) is 3.08. The van der Waals surface area contributed by atoms with Gasteiger partial charge in [-0.05, 0) is 45.0 Å². The van der Waals surface area contributed by atoms with Crippen molar-refractivity contribution in [3.05, 3.63) is 18.3 Å². The normalized spacial score (nSPS) is 12.6. The molecule has 1 heterocycles. The fourth-order valence-electron chi connectivity index (χ4n) is 1.76. The Labute approximate surface area is 142 Å². The van der Waals surface area contributed by atoms with Gasteiger partial charge in [-0.25, -0.2) is 4.98 Å². The molecule has 1 aromatic heterocycles. The zero-order chi connectivity index (χ0) is 14.4. The van der Waals surface area contributed by atoms with Gasteiger partial charge in [-0.2, -0.15) is 0 Å². The summed E-state index contributed by atoms with van der Waals surface area (Å²) in [6.45, 7) is 0.817. The first-order valence-electron chi connectivity index (χ1n) is 6.90. The van der Waals surface area contributed by atoms with Crippen LogP contribution in [0.2, 0.25) is 0 Å². The van der Waals surface area contributed by atoms with E-state index < -0.39 is 0 Å². The maximum absolute atomic E-state index is 11.6. The Bertz CT molecular complexity index is 478. The van der Waals surface area contributed by atoms with Gasteiger partial charge < -0.3 is 16.0 Å². The lowest BCUT2D eigenvalue weighted by atomic mass is 10.3. The monoisotopic (exact) mass is 348 g/mol. The first-order chi connectivity index (χ1) is 9.69. The zero-order valence-corrected chi connectivity index (χ0v) is 14.1. The molecular weight excluding hydrogens is 327 g/mol. The van der Waals surface area contributed by atoms with Crippen LogP contribution in [0.15, 0.2) is 18.3 Å². The predicted octanol–water partition coefficient (Wildman–Crippen LogP) is 2.21. The molecule has 22 heavy (non-hydrogen) atoms. The molecule has 0 saturated heterocycles. The molecule has 0 unspecified atom stereocenters. The molecule has 1 fully saturated rings. The van der Waals surface area contributed by atoms with E-state index in [2.05, 4.69) is 20.9 Å². The molecule has 0 radical (unpaired) electrons. The number of carbonyl (C=O) groups is 2. The Morgan fingerprint density at radius 3 is 2.50 bits per heavy atom. The standard InChI is InChI=1S/C14H20N4O2.2ClH/c1-15-8-2-3-13(19)17-11-6-7-12(16-9-11)18-14(20)10-4-5-10;;/h6-7,9-10,15H,2-5,8H2,1H3,(H,17,19)(H,16,18,20);2*1H. The van der Waals surface area contributed by atoms with Gasteiger partial charge >= 0.3 is 0 Å². The van der Waals surface area contributed by atoms with Gasteiger partial charge in [0.1, 0.15) is 5.82 Å². The molecule has 6 nitrogen and oxygen atoms in total. The highest BCUT2D eigenvalue weighted by Gasteiger charge is 2.29. The summed E-state index contributed by atoms with van der Waals surface area (Å²) in [5.41, 5.74) is 0.642. The summed E-state index contributed by atoms with van der Waals surface area (Å²) >= 11 is 0. The average Bonchev–Trinajstić information content (AvgIpc) is 3.26. The van der Waals surface area contributed by atoms with Crippen molar-refractivity contribution in [2.24, 2.45) is 5.92 Å². The van der Waals surface area contributed by atoms with Crippen LogP contribution in [0, 0.1) is 5.92 Å². The van der Waals surface area contributed by atoms with Crippen LogP contribution < -0.4 is 16.0 Å². The molecule has 0 aliphatic heterocycles. The van der Waals surface area contributed by atoms with Gasteiger partial charge in [0.25, 0.3) is 0 Å². The predicted molar refractivity (Wildman–Crippen MR) is 91.9 cm³/mol. The van der Waals surface area contributed by atoms with Crippen LogP contribution in [-0.4, -0.2) is 30.4 Å². The molecule has 124 valence electrons. The molecule has 1 aliphatic rings. The summed E-state index contributed by atoms with van der Waals surface area (Å²) in [5, 5.41) is 8.52. The highest BCUT2D eigenvalue weighted by molar-refractivity contribution is 5.94. The van der Waals surface area contributed by atoms with Gasteiger partial charge in [0.05, 0.1) is 11.9 Å². The third-order valence-electron chi connectivity index (χ3n) is 3.08. The van der Waals surface area contributed by atoms with Crippen LogP contribution in [0.3, 0.4) is 0 Å². The van der Waals surface area contributed by atoms with Crippen molar-refractivity contribution >= 4 is 48.1 Å². The van der Waals surface area contributed by atoms with Crippen molar-refractivity contribution < 1.29 is 9.59 Å². The molecule has 0 aromatic carbocycles. The van der Waals surface area contributed by atoms with Crippen LogP contribution in [0.5, 0.6) is 0 Å². The summed E-state index contributed by atoms with van der Waals surface area (Å²) in [7, 11) is 1.86. The Morgan fingerprint density at radius 1 is 1.23 bits per heavy atom. The van der Waals surface area contributed by atoms with E-state index in [-0.39, 0.29) is 42.5 Å². The van der Waals surface area contributed by atoms with Crippen molar-refractivity contribution in [3.63, 3.8) is 0 Å². The fraction of sp³-hybridized carbons (Fsp3) is 0.500. The fourth-order valence-corrected chi connectivity index (χ4v) is 1.76. The zero-order valence-electron chi connectivity index (χ0n) is 12.4. The molecule has 0 atom stereocenters. The third kappa shape index (κ3) is 7.06. The number of carbonyl (C=O) groups excluding carboxylic acids is 2. The maximum atomic E-state index is 11.6. The van der Waals surface area contributed by atoms with Crippen molar-refractivity contribution in [2.75, 3.05) is 24.2 Å². The lowest BCUT2D eigenvalue weighted by Crippen LogP contribution is -2.16. The number of hydrogen-bond acceptors (Lipinski definition) is 4. The van der Waals surface area contributed by atoms with Crippen molar-refractivity contribution in [3.8, 4) is 0 Å². The van der Waals surface area contributed by atoms with Gasteiger partial charge in [-0.1, -0.05) is 0 Å². The summed E-state index contributed by atoms with van der Waals surface area (Å²) in [4.78, 5) is 27.3. The molecular formula is C14H22Cl2N4O2. The van der Waals surface area contributed by atoms with Crippen molar-refractivity contribution in [2.45, 2.75) is 25.7 Å². The van der Waals surface area contributed by atoms with E-state index >= 15 is 0 Å². The van der Waals surface area contributed by atoms with E-state index in [0.29, 0.717) is 17.9 Å². The smallest absolute Gasteiger partial charge is 0.228 e. The molecule has 0 spiro atoms. The van der Waals surface area contributed by atoms with Crippen LogP contribution in [0.4, 0.5) is 11.5 Å². The number of nitrogens with one attached hydrogen (secondary N) is 3. The number of aromatic nitrogens is 1. The second kappa shape index (κ2) is 10.4. The Balaban J connectivity index is 0.00000220. The van der Waals surface area contributed by atoms with Crippen molar-refractivity contribution in [1.29, 1.82) is 0 Å². The van der Waals surface area contributed by atoms with Gasteiger partial charge in [0.15, 0.2) is 0 Å². The van der Waals surface area contributed by atoms with Crippen LogP contribution >= 0.6 is 24.8 Å². The number of anilines is 2. The largest absolute Gasteiger partial charge is 0.325 e. The number of amides is 2. The van der Waals surface area contributed by atoms with E-state index in [1.165, 1.54) is 0 Å². The van der Waals surface area contributed by atoms with E-state index in [0.717, 1.165) is 25.8 Å². The van der Waals surface area contributed by atoms with Crippen LogP contribution in [0.25, 0.3) is 0 Å². The summed E-state index contributed by atoms with van der Waals surface area (Å²) in [6.07, 6.45) is 4.75. The SMILES string of the molecule is CNCCCC(=O)Nc1ccc(NC(=O)C2CC2)nc1.Cl.Cl. The highest BCUT2D eigenvalue weighted by atomic mass is 35.5. The average molecular weight is 349 g/mol. The number of hydrogen-bond donors (Lipinski definition) is 3. The molecule has 2 rings (SSSR count). The van der Waals surface area contributed by atoms with E-state index in [1.54, 1.807) is 18.3 Å². The van der Waals surface area contributed by atoms with Gasteiger partial charge in [-0.3, -0.25) is 9.59 Å². The second-order valence-corrected chi connectivity index (χ2v) is 4.95. The molecule has 0 bridgehead atoms. The molecule has 1 saturated carbocycles. The van der Waals surface area contributed by atoms with E-state index in [1.807, 2.05) is 7.05 Å². The topological polar surface area (TPSA) is 83.1 Å². The van der Waals surface area contributed by atoms with Crippen LogP contribution in [0.1, 0.15) is 25.7 Å². The number of pyridine rings is 1. The number of rotatable bonds is 7. The van der Waals surface area contributed by atoms with Gasteiger partial charge in [0, 0.05) is 12.3 Å². The molecule has 1 aromatic rings. The van der Waals surface area contributed by atoms with E-state index in [9.17, 15) is 9.59 Å². The quantitative estimate of drug-likeness (QED) is 0.659. The minimum Gasteiger partial charge on any atom is -0.325 e. The minimum atomic E-state index is -0.0307. The second-order valence-electron chi connectivity index (χ2n) is 4.95. The maximum Gasteiger partial charge on any atom is 0.228 e. The summed E-state index contributed by atoms with van der Waals surface area (Å²) in [6, 6.07) is 3.44. The Morgan fingerprint density at radius 2 is 1.95 bits per heavy atom. The van der Waals surface area contributed by atoms with Crippen LogP contribution in [-0.2, 0) is 9.59 Å². The highest BCUT2D eigenvalue weighted by Crippen LogP contribution is 2.29. The minimum absolute atomic E-state index is 0. The van der Waals surface area contributed by atoms with Gasteiger partial charge in [-0.15, -0.1) is 24.8 Å².